The molecule has 0 aromatic heterocycles. The summed E-state index contributed by atoms with van der Waals surface area (Å²) in [6.07, 6.45) is 1.61. The Labute approximate surface area is 82.6 Å². The summed E-state index contributed by atoms with van der Waals surface area (Å²) in [5.41, 5.74) is 0.839. The zero-order valence-electron chi connectivity index (χ0n) is 7.90. The monoisotopic (exact) mass is 201 g/mol. The minimum absolute atomic E-state index is 0.0493. The molecule has 1 rings (SSSR count). The van der Waals surface area contributed by atoms with Crippen molar-refractivity contribution in [3.05, 3.63) is 11.1 Å². The van der Waals surface area contributed by atoms with Crippen LogP contribution >= 0.6 is 11.8 Å². The second-order valence-electron chi connectivity index (χ2n) is 3.63. The first-order valence-electron chi connectivity index (χ1n) is 4.24. The van der Waals surface area contributed by atoms with Crippen LogP contribution in [-0.2, 0) is 0 Å². The molecule has 4 heteroatoms. The number of rotatable bonds is 3. The van der Waals surface area contributed by atoms with Gasteiger partial charge in [0.1, 0.15) is 0 Å². The summed E-state index contributed by atoms with van der Waals surface area (Å²) in [5, 5.41) is 19.7. The number of aliphatic imine (C=N–C) groups is 1. The van der Waals surface area contributed by atoms with Gasteiger partial charge in [-0.05, 0) is 19.3 Å². The Bertz CT molecular complexity index is 236. The van der Waals surface area contributed by atoms with Gasteiger partial charge in [0.05, 0.1) is 12.7 Å². The van der Waals surface area contributed by atoms with Crippen LogP contribution < -0.4 is 0 Å². The van der Waals surface area contributed by atoms with Crippen molar-refractivity contribution in [2.24, 2.45) is 4.99 Å². The normalized spacial score (nSPS) is 22.6. The summed E-state index contributed by atoms with van der Waals surface area (Å²) in [6, 6.07) is 0. The molecule has 2 N–H and O–H groups in total. The second-order valence-corrected chi connectivity index (χ2v) is 5.15. The number of nitrogens with zero attached hydrogens (tertiary/aromatic N) is 1. The van der Waals surface area contributed by atoms with Crippen LogP contribution in [0.15, 0.2) is 16.1 Å². The first-order chi connectivity index (χ1) is 6.03. The molecule has 0 spiro atoms. The molecule has 0 aromatic carbocycles. The molecular formula is C9H15NO2S. The van der Waals surface area contributed by atoms with E-state index >= 15 is 0 Å². The average molecular weight is 201 g/mol. The van der Waals surface area contributed by atoms with E-state index in [1.54, 1.807) is 11.8 Å². The van der Waals surface area contributed by atoms with Crippen molar-refractivity contribution < 1.29 is 10.2 Å². The SMILES string of the molecule is CC1(C)C=NC(CC(O)CO)=CS1. The van der Waals surface area contributed by atoms with Gasteiger partial charge < -0.3 is 10.2 Å². The molecule has 0 fully saturated rings. The number of thioether (sulfide) groups is 1. The molecule has 0 saturated heterocycles. The Morgan fingerprint density at radius 3 is 2.77 bits per heavy atom. The van der Waals surface area contributed by atoms with Crippen molar-refractivity contribution in [3.63, 3.8) is 0 Å². The highest BCUT2D eigenvalue weighted by molar-refractivity contribution is 8.04. The molecule has 0 radical (unpaired) electrons. The molecule has 74 valence electrons. The summed E-state index contributed by atoms with van der Waals surface area (Å²) in [6.45, 7) is 3.95. The van der Waals surface area contributed by atoms with Crippen molar-refractivity contribution in [2.75, 3.05) is 6.61 Å². The van der Waals surface area contributed by atoms with E-state index < -0.39 is 6.10 Å². The van der Waals surface area contributed by atoms with Gasteiger partial charge in [0.25, 0.3) is 0 Å². The topological polar surface area (TPSA) is 52.8 Å². The molecule has 0 amide bonds. The van der Waals surface area contributed by atoms with Crippen LogP contribution in [0, 0.1) is 0 Å². The second kappa shape index (κ2) is 4.26. The number of aliphatic hydroxyl groups excluding tert-OH is 2. The van der Waals surface area contributed by atoms with E-state index in [9.17, 15) is 0 Å². The van der Waals surface area contributed by atoms with Crippen LogP contribution in [-0.4, -0.2) is 33.9 Å². The first kappa shape index (κ1) is 10.8. The highest BCUT2D eigenvalue weighted by atomic mass is 32.2. The van der Waals surface area contributed by atoms with Crippen molar-refractivity contribution >= 4 is 18.0 Å². The fourth-order valence-electron chi connectivity index (χ4n) is 0.926. The quantitative estimate of drug-likeness (QED) is 0.720. The van der Waals surface area contributed by atoms with E-state index in [2.05, 4.69) is 18.8 Å². The molecule has 13 heavy (non-hydrogen) atoms. The molecule has 1 aliphatic rings. The summed E-state index contributed by atoms with van der Waals surface area (Å²) >= 11 is 1.68. The lowest BCUT2D eigenvalue weighted by Crippen LogP contribution is -2.19. The van der Waals surface area contributed by atoms with Gasteiger partial charge in [0.2, 0.25) is 0 Å². The van der Waals surface area contributed by atoms with Crippen molar-refractivity contribution in [1.82, 2.24) is 0 Å². The Kier molecular flexibility index (Phi) is 3.53. The smallest absolute Gasteiger partial charge is 0.0826 e. The molecule has 0 aromatic rings. The number of aliphatic hydroxyl groups is 2. The number of hydrogen-bond acceptors (Lipinski definition) is 4. The highest BCUT2D eigenvalue weighted by Crippen LogP contribution is 2.30. The molecular weight excluding hydrogens is 186 g/mol. The van der Waals surface area contributed by atoms with E-state index in [-0.39, 0.29) is 11.4 Å². The van der Waals surface area contributed by atoms with Gasteiger partial charge in [-0.1, -0.05) is 0 Å². The minimum atomic E-state index is -0.690. The fraction of sp³-hybridized carbons (Fsp3) is 0.667. The maximum absolute atomic E-state index is 9.17. The third-order valence-corrected chi connectivity index (χ3v) is 2.80. The van der Waals surface area contributed by atoms with Crippen LogP contribution in [0.2, 0.25) is 0 Å². The Hall–Kier alpha value is -0.320. The summed E-state index contributed by atoms with van der Waals surface area (Å²) < 4.78 is 0.0493. The van der Waals surface area contributed by atoms with Crippen LogP contribution in [0.4, 0.5) is 0 Å². The maximum atomic E-state index is 9.17. The third-order valence-electron chi connectivity index (χ3n) is 1.70. The summed E-state index contributed by atoms with van der Waals surface area (Å²) in [5.74, 6) is 0. The average Bonchev–Trinajstić information content (AvgIpc) is 2.08. The summed E-state index contributed by atoms with van der Waals surface area (Å²) in [4.78, 5) is 4.21. The van der Waals surface area contributed by atoms with Crippen LogP contribution in [0.5, 0.6) is 0 Å². The van der Waals surface area contributed by atoms with Gasteiger partial charge in [-0.3, -0.25) is 4.99 Å². The van der Waals surface area contributed by atoms with Gasteiger partial charge in [-0.2, -0.15) is 0 Å². The predicted octanol–water partition coefficient (Wildman–Crippen LogP) is 1.17. The van der Waals surface area contributed by atoms with Gasteiger partial charge in [0, 0.05) is 23.1 Å². The first-order valence-corrected chi connectivity index (χ1v) is 5.12. The lowest BCUT2D eigenvalue weighted by molar-refractivity contribution is 0.0953. The molecule has 0 aliphatic carbocycles. The molecule has 0 bridgehead atoms. The Balaban J connectivity index is 2.48. The van der Waals surface area contributed by atoms with E-state index in [4.69, 9.17) is 10.2 Å². The molecule has 1 atom stereocenters. The van der Waals surface area contributed by atoms with E-state index in [1.807, 2.05) is 11.6 Å². The summed E-state index contributed by atoms with van der Waals surface area (Å²) in [7, 11) is 0. The zero-order chi connectivity index (χ0) is 9.90. The van der Waals surface area contributed by atoms with Gasteiger partial charge in [-0.25, -0.2) is 0 Å². The molecule has 1 heterocycles. The van der Waals surface area contributed by atoms with Crippen molar-refractivity contribution in [2.45, 2.75) is 31.1 Å². The zero-order valence-corrected chi connectivity index (χ0v) is 8.71. The fourth-order valence-corrected chi connectivity index (χ4v) is 1.64. The molecule has 1 unspecified atom stereocenters. The van der Waals surface area contributed by atoms with Crippen LogP contribution in [0.3, 0.4) is 0 Å². The van der Waals surface area contributed by atoms with Gasteiger partial charge >= 0.3 is 0 Å². The van der Waals surface area contributed by atoms with Gasteiger partial charge in [-0.15, -0.1) is 11.8 Å². The standard InChI is InChI=1S/C9H15NO2S/c1-9(2)6-10-7(5-13-9)3-8(12)4-11/h5-6,8,11-12H,3-4H2,1-2H3. The molecule has 3 nitrogen and oxygen atoms in total. The maximum Gasteiger partial charge on any atom is 0.0826 e. The van der Waals surface area contributed by atoms with Crippen LogP contribution in [0.1, 0.15) is 20.3 Å². The number of hydrogen-bond donors (Lipinski definition) is 2. The van der Waals surface area contributed by atoms with Crippen molar-refractivity contribution in [1.29, 1.82) is 0 Å². The van der Waals surface area contributed by atoms with Crippen LogP contribution in [0.25, 0.3) is 0 Å². The van der Waals surface area contributed by atoms with E-state index in [0.717, 1.165) is 5.70 Å². The third kappa shape index (κ3) is 3.50. The predicted molar refractivity (Wildman–Crippen MR) is 56.0 cm³/mol. The minimum Gasteiger partial charge on any atom is -0.394 e. The Morgan fingerprint density at radius 1 is 1.62 bits per heavy atom. The highest BCUT2D eigenvalue weighted by Gasteiger charge is 2.19. The molecule has 1 aliphatic heterocycles. The van der Waals surface area contributed by atoms with E-state index in [1.165, 1.54) is 0 Å². The largest absolute Gasteiger partial charge is 0.394 e. The lowest BCUT2D eigenvalue weighted by Gasteiger charge is -2.21. The lowest BCUT2D eigenvalue weighted by atomic mass is 10.2. The van der Waals surface area contributed by atoms with Crippen molar-refractivity contribution in [3.8, 4) is 0 Å². The van der Waals surface area contributed by atoms with Gasteiger partial charge in [0.15, 0.2) is 0 Å². The van der Waals surface area contributed by atoms with E-state index in [0.29, 0.717) is 6.42 Å². The Morgan fingerprint density at radius 2 is 2.31 bits per heavy atom. The molecule has 0 saturated carbocycles.